The Kier molecular flexibility index (Phi) is 3.38. The Bertz CT molecular complexity index is 521. The summed E-state index contributed by atoms with van der Waals surface area (Å²) in [6.07, 6.45) is 0. The van der Waals surface area contributed by atoms with E-state index in [-0.39, 0.29) is 0 Å². The number of anilines is 2. The lowest BCUT2D eigenvalue weighted by Gasteiger charge is -2.17. The van der Waals surface area contributed by atoms with Gasteiger partial charge in [0.15, 0.2) is 5.82 Å². The molecule has 0 radical (unpaired) electrons. The fourth-order valence-corrected chi connectivity index (χ4v) is 2.16. The van der Waals surface area contributed by atoms with Gasteiger partial charge in [0, 0.05) is 18.1 Å². The molecule has 4 nitrogen and oxygen atoms in total. The normalized spacial score (nSPS) is 10.5. The first-order chi connectivity index (χ1) is 8.08. The zero-order valence-corrected chi connectivity index (χ0v) is 11.5. The number of nitrogens with two attached hydrogens (primary N) is 1. The van der Waals surface area contributed by atoms with Crippen molar-refractivity contribution in [3.63, 3.8) is 0 Å². The molecule has 0 bridgehead atoms. The van der Waals surface area contributed by atoms with E-state index in [2.05, 4.69) is 32.0 Å². The number of aromatic amines is 1. The highest BCUT2D eigenvalue weighted by atomic mass is 79.9. The van der Waals surface area contributed by atoms with E-state index >= 15 is 0 Å². The van der Waals surface area contributed by atoms with Crippen LogP contribution in [0.4, 0.5) is 11.6 Å². The van der Waals surface area contributed by atoms with Crippen LogP contribution in [-0.2, 0) is 6.54 Å². The number of imidazole rings is 1. The number of nitrogen functional groups attached to an aromatic ring is 1. The van der Waals surface area contributed by atoms with Crippen molar-refractivity contribution in [1.82, 2.24) is 9.97 Å². The Morgan fingerprint density at radius 2 is 2.12 bits per heavy atom. The number of aryl methyl sites for hydroxylation is 1. The van der Waals surface area contributed by atoms with Crippen LogP contribution in [0.1, 0.15) is 11.4 Å². The molecule has 2 aromatic rings. The van der Waals surface area contributed by atoms with E-state index in [1.165, 1.54) is 5.56 Å². The molecule has 17 heavy (non-hydrogen) atoms. The Labute approximate surface area is 109 Å². The van der Waals surface area contributed by atoms with Gasteiger partial charge in [-0.15, -0.1) is 0 Å². The molecule has 0 aliphatic rings. The number of nitrogens with one attached hydrogen (secondary N) is 1. The molecule has 0 fully saturated rings. The summed E-state index contributed by atoms with van der Waals surface area (Å²) >= 11 is 3.53. The fourth-order valence-electron chi connectivity index (χ4n) is 1.75. The highest BCUT2D eigenvalue weighted by Gasteiger charge is 2.11. The number of nitrogens with zero attached hydrogens (tertiary/aromatic N) is 2. The van der Waals surface area contributed by atoms with Crippen molar-refractivity contribution in [3.8, 4) is 0 Å². The Morgan fingerprint density at radius 1 is 1.41 bits per heavy atom. The predicted octanol–water partition coefficient (Wildman–Crippen LogP) is 2.70. The van der Waals surface area contributed by atoms with Gasteiger partial charge in [0.2, 0.25) is 0 Å². The van der Waals surface area contributed by atoms with Crippen LogP contribution in [0.2, 0.25) is 0 Å². The summed E-state index contributed by atoms with van der Waals surface area (Å²) in [5, 5.41) is 0. The van der Waals surface area contributed by atoms with Crippen molar-refractivity contribution in [1.29, 1.82) is 0 Å². The van der Waals surface area contributed by atoms with Gasteiger partial charge in [-0.2, -0.15) is 0 Å². The van der Waals surface area contributed by atoms with Crippen molar-refractivity contribution in [2.45, 2.75) is 13.5 Å². The molecule has 0 unspecified atom stereocenters. The Hall–Kier alpha value is -1.49. The maximum Gasteiger partial charge on any atom is 0.171 e. The summed E-state index contributed by atoms with van der Waals surface area (Å²) < 4.78 is 1.10. The van der Waals surface area contributed by atoms with Crippen LogP contribution in [-0.4, -0.2) is 17.0 Å². The average molecular weight is 295 g/mol. The lowest BCUT2D eigenvalue weighted by Crippen LogP contribution is -2.18. The smallest absolute Gasteiger partial charge is 0.171 e. The molecule has 1 heterocycles. The molecule has 0 amide bonds. The summed E-state index contributed by atoms with van der Waals surface area (Å²) in [4.78, 5) is 9.39. The van der Waals surface area contributed by atoms with Crippen LogP contribution in [0.15, 0.2) is 28.7 Å². The maximum absolute atomic E-state index is 5.86. The first-order valence-electron chi connectivity index (χ1n) is 5.34. The van der Waals surface area contributed by atoms with Crippen LogP contribution >= 0.6 is 15.9 Å². The zero-order chi connectivity index (χ0) is 12.4. The summed E-state index contributed by atoms with van der Waals surface area (Å²) in [7, 11) is 1.98. The summed E-state index contributed by atoms with van der Waals surface area (Å²) in [5.74, 6) is 2.23. The highest BCUT2D eigenvalue weighted by Crippen LogP contribution is 2.23. The highest BCUT2D eigenvalue weighted by molar-refractivity contribution is 9.10. The molecule has 90 valence electrons. The monoisotopic (exact) mass is 294 g/mol. The average Bonchev–Trinajstić information content (AvgIpc) is 2.61. The van der Waals surface area contributed by atoms with Gasteiger partial charge in [-0.1, -0.05) is 34.1 Å². The standard InChI is InChI=1S/C12H15BrN4/c1-8-15-11(14)12(16-8)17(2)7-9-5-3-4-6-10(9)13/h3-6H,7,14H2,1-2H3,(H,15,16). The van der Waals surface area contributed by atoms with Gasteiger partial charge in [-0.3, -0.25) is 0 Å². The number of aromatic nitrogens is 2. The van der Waals surface area contributed by atoms with Gasteiger partial charge >= 0.3 is 0 Å². The molecule has 0 saturated carbocycles. The Balaban J connectivity index is 2.20. The minimum Gasteiger partial charge on any atom is -0.382 e. The molecule has 5 heteroatoms. The molecule has 3 N–H and O–H groups in total. The third-order valence-corrected chi connectivity index (χ3v) is 3.33. The van der Waals surface area contributed by atoms with Crippen molar-refractivity contribution in [2.75, 3.05) is 17.7 Å². The van der Waals surface area contributed by atoms with E-state index in [9.17, 15) is 0 Å². The lowest BCUT2D eigenvalue weighted by molar-refractivity contribution is 0.899. The molecule has 0 atom stereocenters. The van der Waals surface area contributed by atoms with Crippen LogP contribution in [0, 0.1) is 6.92 Å². The molecule has 0 spiro atoms. The van der Waals surface area contributed by atoms with E-state index < -0.39 is 0 Å². The van der Waals surface area contributed by atoms with Crippen LogP contribution in [0.25, 0.3) is 0 Å². The van der Waals surface area contributed by atoms with E-state index in [1.807, 2.05) is 37.1 Å². The molecule has 0 saturated heterocycles. The van der Waals surface area contributed by atoms with Crippen LogP contribution in [0.5, 0.6) is 0 Å². The van der Waals surface area contributed by atoms with Gasteiger partial charge in [0.25, 0.3) is 0 Å². The zero-order valence-electron chi connectivity index (χ0n) is 9.87. The summed E-state index contributed by atoms with van der Waals surface area (Å²) in [6.45, 7) is 2.65. The van der Waals surface area contributed by atoms with Crippen molar-refractivity contribution >= 4 is 27.6 Å². The topological polar surface area (TPSA) is 57.9 Å². The third-order valence-electron chi connectivity index (χ3n) is 2.56. The molecule has 1 aromatic carbocycles. The number of rotatable bonds is 3. The Morgan fingerprint density at radius 3 is 2.71 bits per heavy atom. The molecule has 0 aliphatic heterocycles. The van der Waals surface area contributed by atoms with Crippen molar-refractivity contribution in [3.05, 3.63) is 40.1 Å². The number of halogens is 1. The largest absolute Gasteiger partial charge is 0.382 e. The second-order valence-corrected chi connectivity index (χ2v) is 4.86. The number of benzene rings is 1. The number of hydrogen-bond acceptors (Lipinski definition) is 3. The lowest BCUT2D eigenvalue weighted by atomic mass is 10.2. The predicted molar refractivity (Wildman–Crippen MR) is 74.0 cm³/mol. The summed E-state index contributed by atoms with van der Waals surface area (Å²) in [6, 6.07) is 8.13. The first-order valence-corrected chi connectivity index (χ1v) is 6.14. The fraction of sp³-hybridized carbons (Fsp3) is 0.250. The molecule has 0 aliphatic carbocycles. The van der Waals surface area contributed by atoms with Gasteiger partial charge in [-0.25, -0.2) is 4.98 Å². The molecule has 2 rings (SSSR count). The van der Waals surface area contributed by atoms with Crippen molar-refractivity contribution in [2.24, 2.45) is 0 Å². The number of H-pyrrole nitrogens is 1. The van der Waals surface area contributed by atoms with E-state index in [0.29, 0.717) is 5.82 Å². The quantitative estimate of drug-likeness (QED) is 0.915. The second-order valence-electron chi connectivity index (χ2n) is 4.01. The van der Waals surface area contributed by atoms with Gasteiger partial charge in [0.05, 0.1) is 0 Å². The van der Waals surface area contributed by atoms with Gasteiger partial charge in [0.1, 0.15) is 11.6 Å². The van der Waals surface area contributed by atoms with Crippen LogP contribution in [0.3, 0.4) is 0 Å². The minimum atomic E-state index is 0.608. The molecular formula is C12H15BrN4. The summed E-state index contributed by atoms with van der Waals surface area (Å²) in [5.41, 5.74) is 7.07. The third kappa shape index (κ3) is 2.61. The van der Waals surface area contributed by atoms with Gasteiger partial charge < -0.3 is 15.6 Å². The molecule has 1 aromatic heterocycles. The molecular weight excluding hydrogens is 280 g/mol. The van der Waals surface area contributed by atoms with Crippen molar-refractivity contribution < 1.29 is 0 Å². The van der Waals surface area contributed by atoms with E-state index in [4.69, 9.17) is 5.73 Å². The number of hydrogen-bond donors (Lipinski definition) is 2. The minimum absolute atomic E-state index is 0.608. The van der Waals surface area contributed by atoms with Gasteiger partial charge in [-0.05, 0) is 18.6 Å². The van der Waals surface area contributed by atoms with E-state index in [0.717, 1.165) is 22.7 Å². The second kappa shape index (κ2) is 4.79. The maximum atomic E-state index is 5.86. The first kappa shape index (κ1) is 12.0. The van der Waals surface area contributed by atoms with E-state index in [1.54, 1.807) is 0 Å². The SMILES string of the molecule is Cc1nc(N(C)Cc2ccccc2Br)c(N)[nH]1. The van der Waals surface area contributed by atoms with Crippen LogP contribution < -0.4 is 10.6 Å².